The van der Waals surface area contributed by atoms with E-state index in [1.165, 1.54) is 10.6 Å². The molecule has 0 unspecified atom stereocenters. The molecule has 23 heavy (non-hydrogen) atoms. The van der Waals surface area contributed by atoms with Gasteiger partial charge in [-0.25, -0.2) is 12.7 Å². The van der Waals surface area contributed by atoms with Gasteiger partial charge in [0.1, 0.15) is 0 Å². The van der Waals surface area contributed by atoms with E-state index in [0.717, 1.165) is 23.4 Å². The average molecular weight is 359 g/mol. The normalized spacial score (nSPS) is 17.1. The Bertz CT molecular complexity index is 640. The molecule has 0 atom stereocenters. The van der Waals surface area contributed by atoms with Gasteiger partial charge in [-0.05, 0) is 43.4 Å². The molecular formula is C16H23ClN2O3S. The average Bonchev–Trinajstić information content (AvgIpc) is 2.51. The lowest BCUT2D eigenvalue weighted by atomic mass is 9.97. The van der Waals surface area contributed by atoms with Crippen molar-refractivity contribution in [1.82, 2.24) is 9.62 Å². The molecule has 0 saturated carbocycles. The molecule has 1 aliphatic rings. The zero-order valence-corrected chi connectivity index (χ0v) is 14.9. The van der Waals surface area contributed by atoms with E-state index in [9.17, 15) is 13.2 Å². The number of aryl methyl sites for hydroxylation is 1. The summed E-state index contributed by atoms with van der Waals surface area (Å²) >= 11 is 5.94. The van der Waals surface area contributed by atoms with Crippen LogP contribution < -0.4 is 5.32 Å². The van der Waals surface area contributed by atoms with Crippen molar-refractivity contribution in [3.63, 3.8) is 0 Å². The monoisotopic (exact) mass is 358 g/mol. The highest BCUT2D eigenvalue weighted by atomic mass is 35.5. The molecule has 1 aliphatic heterocycles. The van der Waals surface area contributed by atoms with Crippen LogP contribution in [0.2, 0.25) is 5.02 Å². The Morgan fingerprint density at radius 2 is 2.04 bits per heavy atom. The Kier molecular flexibility index (Phi) is 6.44. The maximum absolute atomic E-state index is 12.1. The van der Waals surface area contributed by atoms with E-state index in [1.807, 2.05) is 24.3 Å². The van der Waals surface area contributed by atoms with E-state index in [1.54, 1.807) is 0 Å². The SMILES string of the molecule is CS(=O)(=O)N1CCC(C(=O)NCCCc2cccc(Cl)c2)CC1. The predicted molar refractivity (Wildman–Crippen MR) is 91.9 cm³/mol. The number of carbonyl (C=O) groups excluding carboxylic acids is 1. The van der Waals surface area contributed by atoms with Crippen molar-refractivity contribution in [3.05, 3.63) is 34.9 Å². The highest BCUT2D eigenvalue weighted by Gasteiger charge is 2.28. The van der Waals surface area contributed by atoms with Gasteiger partial charge in [0.2, 0.25) is 15.9 Å². The number of hydrogen-bond acceptors (Lipinski definition) is 3. The molecule has 1 fully saturated rings. The van der Waals surface area contributed by atoms with E-state index < -0.39 is 10.0 Å². The number of carbonyl (C=O) groups is 1. The number of rotatable bonds is 6. The number of hydrogen-bond donors (Lipinski definition) is 1. The summed E-state index contributed by atoms with van der Waals surface area (Å²) < 4.78 is 24.3. The minimum Gasteiger partial charge on any atom is -0.356 e. The first kappa shape index (κ1) is 18.2. The minimum atomic E-state index is -3.14. The van der Waals surface area contributed by atoms with Crippen LogP contribution in [0, 0.1) is 5.92 Å². The van der Waals surface area contributed by atoms with Gasteiger partial charge in [0.25, 0.3) is 0 Å². The van der Waals surface area contributed by atoms with E-state index in [0.29, 0.717) is 32.5 Å². The minimum absolute atomic E-state index is 0.0317. The summed E-state index contributed by atoms with van der Waals surface area (Å²) in [6.45, 7) is 1.48. The van der Waals surface area contributed by atoms with Gasteiger partial charge in [0.05, 0.1) is 6.26 Å². The standard InChI is InChI=1S/C16H23ClN2O3S/c1-23(21,22)19-10-7-14(8-11-19)16(20)18-9-3-5-13-4-2-6-15(17)12-13/h2,4,6,12,14H,3,5,7-11H2,1H3,(H,18,20). The lowest BCUT2D eigenvalue weighted by Crippen LogP contribution is -2.42. The molecule has 1 aromatic rings. The molecule has 0 aromatic heterocycles. The summed E-state index contributed by atoms with van der Waals surface area (Å²) in [5.41, 5.74) is 1.16. The summed E-state index contributed by atoms with van der Waals surface area (Å²) in [4.78, 5) is 12.1. The molecule has 5 nitrogen and oxygen atoms in total. The van der Waals surface area contributed by atoms with Crippen molar-refractivity contribution in [2.75, 3.05) is 25.9 Å². The topological polar surface area (TPSA) is 66.5 Å². The van der Waals surface area contributed by atoms with Crippen LogP contribution >= 0.6 is 11.6 Å². The molecule has 0 spiro atoms. The van der Waals surface area contributed by atoms with Crippen LogP contribution in [-0.4, -0.2) is 44.5 Å². The van der Waals surface area contributed by atoms with Crippen molar-refractivity contribution in [3.8, 4) is 0 Å². The molecule has 0 radical (unpaired) electrons. The largest absolute Gasteiger partial charge is 0.356 e. The van der Waals surface area contributed by atoms with Crippen LogP contribution in [-0.2, 0) is 21.2 Å². The Morgan fingerprint density at radius 3 is 2.65 bits per heavy atom. The molecule has 0 bridgehead atoms. The summed E-state index contributed by atoms with van der Waals surface area (Å²) in [7, 11) is -3.14. The molecule has 7 heteroatoms. The Morgan fingerprint density at radius 1 is 1.35 bits per heavy atom. The van der Waals surface area contributed by atoms with Gasteiger partial charge < -0.3 is 5.32 Å². The number of amides is 1. The number of nitrogens with zero attached hydrogens (tertiary/aromatic N) is 1. The fraction of sp³-hybridized carbons (Fsp3) is 0.562. The van der Waals surface area contributed by atoms with Gasteiger partial charge in [0.15, 0.2) is 0 Å². The molecule has 1 heterocycles. The van der Waals surface area contributed by atoms with E-state index >= 15 is 0 Å². The van der Waals surface area contributed by atoms with Gasteiger partial charge in [0, 0.05) is 30.6 Å². The van der Waals surface area contributed by atoms with Gasteiger partial charge in [-0.2, -0.15) is 0 Å². The third-order valence-corrected chi connectivity index (χ3v) is 5.66. The van der Waals surface area contributed by atoms with Crippen LogP contribution in [0.5, 0.6) is 0 Å². The maximum atomic E-state index is 12.1. The van der Waals surface area contributed by atoms with Crippen molar-refractivity contribution < 1.29 is 13.2 Å². The van der Waals surface area contributed by atoms with Gasteiger partial charge >= 0.3 is 0 Å². The third kappa shape index (κ3) is 5.79. The molecule has 0 aliphatic carbocycles. The van der Waals surface area contributed by atoms with Crippen molar-refractivity contribution >= 4 is 27.5 Å². The maximum Gasteiger partial charge on any atom is 0.223 e. The van der Waals surface area contributed by atoms with Gasteiger partial charge in [-0.15, -0.1) is 0 Å². The van der Waals surface area contributed by atoms with Gasteiger partial charge in [-0.1, -0.05) is 23.7 Å². The highest BCUT2D eigenvalue weighted by Crippen LogP contribution is 2.19. The fourth-order valence-electron chi connectivity index (χ4n) is 2.79. The number of nitrogens with one attached hydrogen (secondary N) is 1. The summed E-state index contributed by atoms with van der Waals surface area (Å²) in [6, 6.07) is 7.72. The number of piperidine rings is 1. The zero-order valence-electron chi connectivity index (χ0n) is 13.3. The number of benzene rings is 1. The number of sulfonamides is 1. The van der Waals surface area contributed by atoms with Crippen LogP contribution in [0.15, 0.2) is 24.3 Å². The second-order valence-corrected chi connectivity index (χ2v) is 8.38. The smallest absolute Gasteiger partial charge is 0.223 e. The molecule has 1 N–H and O–H groups in total. The molecule has 1 aromatic carbocycles. The number of halogens is 1. The summed E-state index contributed by atoms with van der Waals surface area (Å²) in [5, 5.41) is 3.68. The Hall–Kier alpha value is -1.11. The first-order valence-electron chi connectivity index (χ1n) is 7.83. The first-order valence-corrected chi connectivity index (χ1v) is 10.1. The quantitative estimate of drug-likeness (QED) is 0.791. The Labute approximate surface area is 143 Å². The van der Waals surface area contributed by atoms with Crippen LogP contribution in [0.1, 0.15) is 24.8 Å². The molecule has 2 rings (SSSR count). The van der Waals surface area contributed by atoms with Gasteiger partial charge in [-0.3, -0.25) is 4.79 Å². The predicted octanol–water partition coefficient (Wildman–Crippen LogP) is 2.06. The zero-order chi connectivity index (χ0) is 16.9. The Balaban J connectivity index is 1.68. The summed E-state index contributed by atoms with van der Waals surface area (Å²) in [6.07, 6.45) is 4.12. The molecule has 1 amide bonds. The van der Waals surface area contributed by atoms with E-state index in [-0.39, 0.29) is 11.8 Å². The van der Waals surface area contributed by atoms with Crippen LogP contribution in [0.3, 0.4) is 0 Å². The van der Waals surface area contributed by atoms with E-state index in [4.69, 9.17) is 11.6 Å². The van der Waals surface area contributed by atoms with Crippen molar-refractivity contribution in [1.29, 1.82) is 0 Å². The first-order chi connectivity index (χ1) is 10.9. The van der Waals surface area contributed by atoms with Crippen molar-refractivity contribution in [2.24, 2.45) is 5.92 Å². The lowest BCUT2D eigenvalue weighted by Gasteiger charge is -2.29. The van der Waals surface area contributed by atoms with E-state index in [2.05, 4.69) is 5.32 Å². The van der Waals surface area contributed by atoms with Crippen LogP contribution in [0.4, 0.5) is 0 Å². The molecule has 1 saturated heterocycles. The molecule has 128 valence electrons. The second-order valence-electron chi connectivity index (χ2n) is 5.96. The molecular weight excluding hydrogens is 336 g/mol. The lowest BCUT2D eigenvalue weighted by molar-refractivity contribution is -0.126. The second kappa shape index (κ2) is 8.13. The fourth-order valence-corrected chi connectivity index (χ4v) is 3.88. The third-order valence-electron chi connectivity index (χ3n) is 4.12. The summed E-state index contributed by atoms with van der Waals surface area (Å²) in [5.74, 6) is -0.0524. The van der Waals surface area contributed by atoms with Crippen molar-refractivity contribution in [2.45, 2.75) is 25.7 Å². The van der Waals surface area contributed by atoms with Crippen LogP contribution in [0.25, 0.3) is 0 Å². The highest BCUT2D eigenvalue weighted by molar-refractivity contribution is 7.88.